The monoisotopic (exact) mass is 324 g/mol. The van der Waals surface area contributed by atoms with Crippen molar-refractivity contribution in [2.45, 2.75) is 97.9 Å². The van der Waals surface area contributed by atoms with Gasteiger partial charge in [-0.25, -0.2) is 0 Å². The lowest BCUT2D eigenvalue weighted by Crippen LogP contribution is -2.40. The lowest BCUT2D eigenvalue weighted by molar-refractivity contribution is 0.242. The molecule has 0 unspecified atom stereocenters. The van der Waals surface area contributed by atoms with Crippen LogP contribution in [0.5, 0.6) is 0 Å². The maximum absolute atomic E-state index is 6.32. The zero-order valence-electron chi connectivity index (χ0n) is 15.8. The first-order valence-electron chi connectivity index (χ1n) is 8.89. The van der Waals surface area contributed by atoms with Crippen molar-refractivity contribution in [3.63, 3.8) is 0 Å². The second kappa shape index (κ2) is 8.35. The molecule has 0 bridgehead atoms. The van der Waals surface area contributed by atoms with Crippen LogP contribution in [0.15, 0.2) is 10.5 Å². The molecule has 0 aliphatic rings. The van der Waals surface area contributed by atoms with Crippen LogP contribution in [0.25, 0.3) is 0 Å². The second-order valence-electron chi connectivity index (χ2n) is 8.02. The van der Waals surface area contributed by atoms with E-state index in [4.69, 9.17) is 8.84 Å². The fourth-order valence-electron chi connectivity index (χ4n) is 2.33. The summed E-state index contributed by atoms with van der Waals surface area (Å²) in [5.41, 5.74) is 1.35. The largest absolute Gasteiger partial charge is 0.464 e. The van der Waals surface area contributed by atoms with E-state index in [1.54, 1.807) is 0 Å². The molecule has 2 nitrogen and oxygen atoms in total. The number of aryl methyl sites for hydroxylation is 2. The van der Waals surface area contributed by atoms with Gasteiger partial charge < -0.3 is 8.84 Å². The quantitative estimate of drug-likeness (QED) is 0.376. The highest BCUT2D eigenvalue weighted by Crippen LogP contribution is 2.37. The van der Waals surface area contributed by atoms with Crippen LogP contribution >= 0.6 is 0 Å². The zero-order valence-corrected chi connectivity index (χ0v) is 16.8. The topological polar surface area (TPSA) is 22.4 Å². The Balaban J connectivity index is 2.57. The number of hydrogen-bond acceptors (Lipinski definition) is 2. The summed E-state index contributed by atoms with van der Waals surface area (Å²) in [5.74, 6) is 2.07. The summed E-state index contributed by atoms with van der Waals surface area (Å²) in [5, 5.41) is 0.245. The van der Waals surface area contributed by atoms with E-state index in [2.05, 4.69) is 46.9 Å². The summed E-state index contributed by atoms with van der Waals surface area (Å²) < 4.78 is 12.2. The van der Waals surface area contributed by atoms with Gasteiger partial charge in [0.15, 0.2) is 8.32 Å². The van der Waals surface area contributed by atoms with E-state index < -0.39 is 8.32 Å². The lowest BCUT2D eigenvalue weighted by Gasteiger charge is -2.35. The zero-order chi connectivity index (χ0) is 16.8. The van der Waals surface area contributed by atoms with Crippen LogP contribution in [0.3, 0.4) is 0 Å². The highest BCUT2D eigenvalue weighted by atomic mass is 28.4. The minimum absolute atomic E-state index is 0.245. The van der Waals surface area contributed by atoms with Crippen molar-refractivity contribution in [2.24, 2.45) is 0 Å². The number of furan rings is 1. The Hall–Kier alpha value is -0.543. The van der Waals surface area contributed by atoms with Gasteiger partial charge in [-0.15, -0.1) is 0 Å². The van der Waals surface area contributed by atoms with Crippen molar-refractivity contribution in [1.82, 2.24) is 0 Å². The van der Waals surface area contributed by atoms with Gasteiger partial charge in [-0.1, -0.05) is 53.4 Å². The maximum atomic E-state index is 6.32. The molecule has 22 heavy (non-hydrogen) atoms. The predicted octanol–water partition coefficient (Wildman–Crippen LogP) is 6.62. The molecule has 0 radical (unpaired) electrons. The van der Waals surface area contributed by atoms with Crippen LogP contribution in [0.1, 0.15) is 76.9 Å². The summed E-state index contributed by atoms with van der Waals surface area (Å²) in [6.07, 6.45) is 7.70. The standard InChI is InChI=1S/C19H36O2Si/c1-8-9-10-11-12-13-17-14-16(2)21-18(17)15-20-22(6,7)19(3,4)5/h14H,8-13,15H2,1-7H3. The maximum Gasteiger partial charge on any atom is 0.192 e. The first-order valence-corrected chi connectivity index (χ1v) is 11.8. The summed E-state index contributed by atoms with van der Waals surface area (Å²) >= 11 is 0. The molecule has 0 N–H and O–H groups in total. The van der Waals surface area contributed by atoms with Crippen LogP contribution in [-0.2, 0) is 17.5 Å². The average molecular weight is 325 g/mol. The Morgan fingerprint density at radius 1 is 1.09 bits per heavy atom. The molecular formula is C19H36O2Si. The summed E-state index contributed by atoms with van der Waals surface area (Å²) in [4.78, 5) is 0. The smallest absolute Gasteiger partial charge is 0.192 e. The van der Waals surface area contributed by atoms with Crippen molar-refractivity contribution >= 4 is 8.32 Å². The Labute approximate surface area is 138 Å². The lowest BCUT2D eigenvalue weighted by atomic mass is 10.1. The van der Waals surface area contributed by atoms with E-state index in [1.165, 1.54) is 37.7 Å². The van der Waals surface area contributed by atoms with Gasteiger partial charge in [-0.2, -0.15) is 0 Å². The van der Waals surface area contributed by atoms with Crippen LogP contribution in [0, 0.1) is 6.92 Å². The first-order chi connectivity index (χ1) is 10.2. The summed E-state index contributed by atoms with van der Waals surface area (Å²) in [6, 6.07) is 2.20. The molecule has 3 heteroatoms. The van der Waals surface area contributed by atoms with Crippen molar-refractivity contribution in [2.75, 3.05) is 0 Å². The SMILES string of the molecule is CCCCCCCc1cc(C)oc1CO[Si](C)(C)C(C)(C)C. The highest BCUT2D eigenvalue weighted by Gasteiger charge is 2.37. The average Bonchev–Trinajstić information content (AvgIpc) is 2.75. The minimum atomic E-state index is -1.71. The molecule has 0 aliphatic carbocycles. The van der Waals surface area contributed by atoms with Crippen LogP contribution in [0.2, 0.25) is 18.1 Å². The van der Waals surface area contributed by atoms with E-state index in [0.29, 0.717) is 6.61 Å². The van der Waals surface area contributed by atoms with Gasteiger partial charge in [0.05, 0.1) is 6.61 Å². The predicted molar refractivity (Wildman–Crippen MR) is 97.9 cm³/mol. The molecular weight excluding hydrogens is 288 g/mol. The Bertz CT molecular complexity index is 441. The second-order valence-corrected chi connectivity index (χ2v) is 12.8. The normalized spacial score (nSPS) is 12.9. The third-order valence-electron chi connectivity index (χ3n) is 4.94. The van der Waals surface area contributed by atoms with Gasteiger partial charge in [0.2, 0.25) is 0 Å². The summed E-state index contributed by atoms with van der Waals surface area (Å²) in [7, 11) is -1.71. The summed E-state index contributed by atoms with van der Waals surface area (Å²) in [6.45, 7) is 16.4. The molecule has 0 atom stereocenters. The van der Waals surface area contributed by atoms with E-state index in [-0.39, 0.29) is 5.04 Å². The van der Waals surface area contributed by atoms with Crippen molar-refractivity contribution in [3.05, 3.63) is 23.2 Å². The molecule has 0 fully saturated rings. The van der Waals surface area contributed by atoms with Gasteiger partial charge in [0.1, 0.15) is 11.5 Å². The molecule has 0 saturated heterocycles. The molecule has 0 aromatic carbocycles. The van der Waals surface area contributed by atoms with Gasteiger partial charge in [-0.05, 0) is 49.5 Å². The molecule has 0 saturated carbocycles. The molecule has 128 valence electrons. The number of unbranched alkanes of at least 4 members (excludes halogenated alkanes) is 4. The molecule has 0 spiro atoms. The Kier molecular flexibility index (Phi) is 7.40. The molecule has 1 aromatic heterocycles. The van der Waals surface area contributed by atoms with Gasteiger partial charge in [0, 0.05) is 0 Å². The molecule has 1 rings (SSSR count). The molecule has 1 aromatic rings. The fourth-order valence-corrected chi connectivity index (χ4v) is 3.26. The van der Waals surface area contributed by atoms with Gasteiger partial charge in [0.25, 0.3) is 0 Å². The molecule has 0 amide bonds. The van der Waals surface area contributed by atoms with Crippen LogP contribution in [0.4, 0.5) is 0 Å². The Morgan fingerprint density at radius 2 is 1.73 bits per heavy atom. The van der Waals surface area contributed by atoms with E-state index >= 15 is 0 Å². The van der Waals surface area contributed by atoms with Crippen molar-refractivity contribution < 1.29 is 8.84 Å². The third-order valence-corrected chi connectivity index (χ3v) is 9.42. The first kappa shape index (κ1) is 19.5. The van der Waals surface area contributed by atoms with Crippen molar-refractivity contribution in [1.29, 1.82) is 0 Å². The van der Waals surface area contributed by atoms with Crippen molar-refractivity contribution in [3.8, 4) is 0 Å². The number of hydrogen-bond donors (Lipinski definition) is 0. The van der Waals surface area contributed by atoms with Gasteiger partial charge in [-0.3, -0.25) is 0 Å². The molecule has 1 heterocycles. The van der Waals surface area contributed by atoms with E-state index in [9.17, 15) is 0 Å². The van der Waals surface area contributed by atoms with Crippen LogP contribution < -0.4 is 0 Å². The van der Waals surface area contributed by atoms with E-state index in [1.807, 2.05) is 6.92 Å². The fraction of sp³-hybridized carbons (Fsp3) is 0.789. The third kappa shape index (κ3) is 5.92. The molecule has 0 aliphatic heterocycles. The van der Waals surface area contributed by atoms with Crippen LogP contribution in [-0.4, -0.2) is 8.32 Å². The highest BCUT2D eigenvalue weighted by molar-refractivity contribution is 6.74. The Morgan fingerprint density at radius 3 is 2.32 bits per heavy atom. The van der Waals surface area contributed by atoms with Gasteiger partial charge >= 0.3 is 0 Å². The minimum Gasteiger partial charge on any atom is -0.464 e. The number of rotatable bonds is 9. The van der Waals surface area contributed by atoms with E-state index in [0.717, 1.165) is 17.9 Å².